The molecule has 2 rings (SSSR count). The molecule has 0 unspecified atom stereocenters. The van der Waals surface area contributed by atoms with E-state index in [9.17, 15) is 4.79 Å². The second kappa shape index (κ2) is 6.21. The van der Waals surface area contributed by atoms with E-state index >= 15 is 0 Å². The minimum Gasteiger partial charge on any atom is -0.397 e. The second-order valence-corrected chi connectivity index (χ2v) is 5.21. The summed E-state index contributed by atoms with van der Waals surface area (Å²) in [4.78, 5) is 17.6. The third-order valence-corrected chi connectivity index (χ3v) is 3.36. The number of ether oxygens (including phenoxy) is 1. The number of carbonyl (C=O) groups is 1. The second-order valence-electron chi connectivity index (χ2n) is 4.85. The molecular formula is C13H18ClN3O2. The van der Waals surface area contributed by atoms with E-state index in [0.717, 1.165) is 12.5 Å². The van der Waals surface area contributed by atoms with Crippen LogP contribution in [-0.2, 0) is 4.74 Å². The van der Waals surface area contributed by atoms with Gasteiger partial charge in [0, 0.05) is 20.2 Å². The van der Waals surface area contributed by atoms with Gasteiger partial charge in [-0.3, -0.25) is 4.79 Å². The first kappa shape index (κ1) is 14.1. The molecule has 19 heavy (non-hydrogen) atoms. The topological polar surface area (TPSA) is 68.5 Å². The SMILES string of the molecule is CN(CCOCC1CC1)C(=O)c1cc(N)cnc1Cl. The Balaban J connectivity index is 1.84. The number of aromatic nitrogens is 1. The Morgan fingerprint density at radius 2 is 2.37 bits per heavy atom. The highest BCUT2D eigenvalue weighted by Gasteiger charge is 2.21. The lowest BCUT2D eigenvalue weighted by molar-refractivity contribution is 0.0681. The minimum absolute atomic E-state index is 0.171. The number of nitrogens with zero attached hydrogens (tertiary/aromatic N) is 2. The Hall–Kier alpha value is -1.33. The number of pyridine rings is 1. The molecule has 1 saturated carbocycles. The van der Waals surface area contributed by atoms with Crippen LogP contribution in [0.2, 0.25) is 5.15 Å². The van der Waals surface area contributed by atoms with Crippen molar-refractivity contribution >= 4 is 23.2 Å². The van der Waals surface area contributed by atoms with Crippen molar-refractivity contribution < 1.29 is 9.53 Å². The van der Waals surface area contributed by atoms with E-state index in [0.29, 0.717) is 24.4 Å². The van der Waals surface area contributed by atoms with Gasteiger partial charge in [0.15, 0.2) is 0 Å². The fourth-order valence-corrected chi connectivity index (χ4v) is 1.84. The van der Waals surface area contributed by atoms with Crippen LogP contribution in [0.5, 0.6) is 0 Å². The molecule has 0 radical (unpaired) electrons. The maximum atomic E-state index is 12.1. The van der Waals surface area contributed by atoms with E-state index in [-0.39, 0.29) is 11.1 Å². The third-order valence-electron chi connectivity index (χ3n) is 3.06. The quantitative estimate of drug-likeness (QED) is 0.639. The number of hydrogen-bond donors (Lipinski definition) is 1. The maximum absolute atomic E-state index is 12.1. The average molecular weight is 284 g/mol. The number of likely N-dealkylation sites (N-methyl/N-ethyl adjacent to an activating group) is 1. The summed E-state index contributed by atoms with van der Waals surface area (Å²) in [7, 11) is 1.71. The Kier molecular flexibility index (Phi) is 4.61. The molecule has 1 amide bonds. The first-order chi connectivity index (χ1) is 9.08. The minimum atomic E-state index is -0.195. The van der Waals surface area contributed by atoms with E-state index in [1.54, 1.807) is 18.0 Å². The number of amides is 1. The number of carbonyl (C=O) groups excluding carboxylic acids is 1. The van der Waals surface area contributed by atoms with Crippen LogP contribution in [0.15, 0.2) is 12.3 Å². The van der Waals surface area contributed by atoms with Crippen molar-refractivity contribution in [2.45, 2.75) is 12.8 Å². The largest absolute Gasteiger partial charge is 0.397 e. The summed E-state index contributed by atoms with van der Waals surface area (Å²) >= 11 is 5.90. The first-order valence-corrected chi connectivity index (χ1v) is 6.70. The van der Waals surface area contributed by atoms with Gasteiger partial charge in [0.05, 0.1) is 24.1 Å². The van der Waals surface area contributed by atoms with Gasteiger partial charge in [-0.25, -0.2) is 4.98 Å². The zero-order valence-corrected chi connectivity index (χ0v) is 11.7. The van der Waals surface area contributed by atoms with E-state index in [1.165, 1.54) is 19.0 Å². The molecule has 1 aliphatic rings. The number of rotatable bonds is 6. The zero-order valence-electron chi connectivity index (χ0n) is 10.9. The van der Waals surface area contributed by atoms with Gasteiger partial charge in [0.25, 0.3) is 5.91 Å². The molecule has 5 nitrogen and oxygen atoms in total. The Morgan fingerprint density at radius 3 is 3.05 bits per heavy atom. The smallest absolute Gasteiger partial charge is 0.256 e. The number of anilines is 1. The third kappa shape index (κ3) is 4.08. The van der Waals surface area contributed by atoms with Crippen LogP contribution < -0.4 is 5.73 Å². The molecule has 0 spiro atoms. The molecule has 1 aromatic heterocycles. The molecular weight excluding hydrogens is 266 g/mol. The van der Waals surface area contributed by atoms with Crippen LogP contribution in [0.4, 0.5) is 5.69 Å². The number of nitrogen functional groups attached to an aromatic ring is 1. The van der Waals surface area contributed by atoms with E-state index in [1.807, 2.05) is 0 Å². The summed E-state index contributed by atoms with van der Waals surface area (Å²) in [6, 6.07) is 1.54. The number of hydrogen-bond acceptors (Lipinski definition) is 4. The highest BCUT2D eigenvalue weighted by molar-refractivity contribution is 6.32. The van der Waals surface area contributed by atoms with Gasteiger partial charge in [-0.2, -0.15) is 0 Å². The van der Waals surface area contributed by atoms with Crippen LogP contribution >= 0.6 is 11.6 Å². The van der Waals surface area contributed by atoms with Crippen LogP contribution in [0.3, 0.4) is 0 Å². The van der Waals surface area contributed by atoms with Crippen LogP contribution in [0.1, 0.15) is 23.2 Å². The van der Waals surface area contributed by atoms with Gasteiger partial charge < -0.3 is 15.4 Å². The van der Waals surface area contributed by atoms with Crippen molar-refractivity contribution in [1.82, 2.24) is 9.88 Å². The number of nitrogens with two attached hydrogens (primary N) is 1. The molecule has 1 fully saturated rings. The van der Waals surface area contributed by atoms with Crippen molar-refractivity contribution in [1.29, 1.82) is 0 Å². The van der Waals surface area contributed by atoms with Gasteiger partial charge in [-0.05, 0) is 24.8 Å². The normalized spacial score (nSPS) is 14.4. The average Bonchev–Trinajstić information content (AvgIpc) is 3.20. The molecule has 0 atom stereocenters. The predicted octanol–water partition coefficient (Wildman–Crippen LogP) is 1.82. The van der Waals surface area contributed by atoms with Gasteiger partial charge in [0.2, 0.25) is 0 Å². The molecule has 0 saturated heterocycles. The molecule has 2 N–H and O–H groups in total. The highest BCUT2D eigenvalue weighted by Crippen LogP contribution is 2.28. The van der Waals surface area contributed by atoms with Gasteiger partial charge >= 0.3 is 0 Å². The standard InChI is InChI=1S/C13H18ClN3O2/c1-17(4-5-19-8-9-2-3-9)13(18)11-6-10(15)7-16-12(11)14/h6-7,9H,2-5,8,15H2,1H3. The van der Waals surface area contributed by atoms with Crippen LogP contribution in [0.25, 0.3) is 0 Å². The lowest BCUT2D eigenvalue weighted by Crippen LogP contribution is -2.30. The Labute approximate surface area is 117 Å². The van der Waals surface area contributed by atoms with Crippen LogP contribution in [-0.4, -0.2) is 42.6 Å². The van der Waals surface area contributed by atoms with Crippen molar-refractivity contribution in [3.63, 3.8) is 0 Å². The molecule has 104 valence electrons. The highest BCUT2D eigenvalue weighted by atomic mass is 35.5. The molecule has 0 bridgehead atoms. The Bertz CT molecular complexity index is 463. The molecule has 0 aromatic carbocycles. The van der Waals surface area contributed by atoms with Gasteiger partial charge in [-0.15, -0.1) is 0 Å². The fraction of sp³-hybridized carbons (Fsp3) is 0.538. The predicted molar refractivity (Wildman–Crippen MR) is 74.2 cm³/mol. The Morgan fingerprint density at radius 1 is 1.63 bits per heavy atom. The van der Waals surface area contributed by atoms with E-state index in [4.69, 9.17) is 22.1 Å². The zero-order chi connectivity index (χ0) is 13.8. The monoisotopic (exact) mass is 283 g/mol. The summed E-state index contributed by atoms with van der Waals surface area (Å²) < 4.78 is 5.50. The van der Waals surface area contributed by atoms with Crippen LogP contribution in [0, 0.1) is 5.92 Å². The molecule has 1 aromatic rings. The van der Waals surface area contributed by atoms with E-state index < -0.39 is 0 Å². The maximum Gasteiger partial charge on any atom is 0.256 e. The van der Waals surface area contributed by atoms with Crippen molar-refractivity contribution in [2.24, 2.45) is 5.92 Å². The number of halogens is 1. The molecule has 1 heterocycles. The van der Waals surface area contributed by atoms with Gasteiger partial charge in [0.1, 0.15) is 5.15 Å². The lowest BCUT2D eigenvalue weighted by Gasteiger charge is -2.17. The molecule has 0 aliphatic heterocycles. The fourth-order valence-electron chi connectivity index (χ4n) is 1.66. The summed E-state index contributed by atoms with van der Waals surface area (Å²) in [5.41, 5.74) is 6.36. The molecule has 6 heteroatoms. The summed E-state index contributed by atoms with van der Waals surface area (Å²) in [6.45, 7) is 1.85. The molecule has 1 aliphatic carbocycles. The van der Waals surface area contributed by atoms with Gasteiger partial charge in [-0.1, -0.05) is 11.6 Å². The summed E-state index contributed by atoms with van der Waals surface area (Å²) in [6.07, 6.45) is 3.95. The first-order valence-electron chi connectivity index (χ1n) is 6.32. The summed E-state index contributed by atoms with van der Waals surface area (Å²) in [5, 5.41) is 0.171. The van der Waals surface area contributed by atoms with E-state index in [2.05, 4.69) is 4.98 Å². The van der Waals surface area contributed by atoms with Crippen molar-refractivity contribution in [2.75, 3.05) is 32.5 Å². The lowest BCUT2D eigenvalue weighted by atomic mass is 10.2. The van der Waals surface area contributed by atoms with Crippen molar-refractivity contribution in [3.05, 3.63) is 23.0 Å². The summed E-state index contributed by atoms with van der Waals surface area (Å²) in [5.74, 6) is 0.536. The van der Waals surface area contributed by atoms with Crippen molar-refractivity contribution in [3.8, 4) is 0 Å².